The molecule has 35 heavy (non-hydrogen) atoms. The Labute approximate surface area is 217 Å². The molecule has 5 rings (SSSR count). The number of fused-ring (bicyclic) bond motifs is 2. The molecule has 3 heterocycles. The van der Waals surface area contributed by atoms with Crippen LogP contribution in [-0.4, -0.2) is 24.3 Å². The molecule has 0 aliphatic carbocycles. The van der Waals surface area contributed by atoms with Crippen molar-refractivity contribution >= 4 is 61.4 Å². The van der Waals surface area contributed by atoms with Crippen molar-refractivity contribution in [3.05, 3.63) is 93.7 Å². The van der Waals surface area contributed by atoms with Crippen LogP contribution in [0.15, 0.2) is 73.4 Å². The number of ether oxygens (including phenoxy) is 2. The number of nitrogens with zero attached hydrogens (tertiary/aromatic N) is 2. The van der Waals surface area contributed by atoms with Gasteiger partial charge in [-0.25, -0.2) is 9.79 Å². The van der Waals surface area contributed by atoms with Crippen LogP contribution >= 0.6 is 38.6 Å². The second kappa shape index (κ2) is 9.56. The molecule has 0 saturated carbocycles. The molecule has 0 radical (unpaired) electrons. The average molecular weight is 570 g/mol. The number of thiophene rings is 1. The van der Waals surface area contributed by atoms with Gasteiger partial charge < -0.3 is 9.47 Å². The number of hydrogen-bond donors (Lipinski definition) is 0. The zero-order valence-electron chi connectivity index (χ0n) is 19.2. The highest BCUT2D eigenvalue weighted by Crippen LogP contribution is 2.40. The molecule has 178 valence electrons. The fourth-order valence-electron chi connectivity index (χ4n) is 4.34. The summed E-state index contributed by atoms with van der Waals surface area (Å²) in [5.41, 5.74) is 1.37. The largest absolute Gasteiger partial charge is 0.496 e. The van der Waals surface area contributed by atoms with E-state index in [1.54, 1.807) is 25.5 Å². The van der Waals surface area contributed by atoms with Gasteiger partial charge in [-0.3, -0.25) is 9.36 Å². The van der Waals surface area contributed by atoms with Crippen molar-refractivity contribution in [1.29, 1.82) is 0 Å². The van der Waals surface area contributed by atoms with Gasteiger partial charge in [-0.05, 0) is 64.8 Å². The Morgan fingerprint density at radius 3 is 2.69 bits per heavy atom. The van der Waals surface area contributed by atoms with Gasteiger partial charge in [-0.2, -0.15) is 0 Å². The minimum atomic E-state index is -0.747. The zero-order chi connectivity index (χ0) is 24.7. The van der Waals surface area contributed by atoms with Crippen LogP contribution in [0.4, 0.5) is 0 Å². The van der Waals surface area contributed by atoms with Gasteiger partial charge in [0, 0.05) is 10.4 Å². The number of esters is 1. The molecule has 0 amide bonds. The van der Waals surface area contributed by atoms with E-state index in [9.17, 15) is 9.59 Å². The van der Waals surface area contributed by atoms with Gasteiger partial charge in [-0.1, -0.05) is 41.7 Å². The zero-order valence-corrected chi connectivity index (χ0v) is 22.4. The number of carbonyl (C=O) groups is 1. The van der Waals surface area contributed by atoms with Crippen LogP contribution in [0.1, 0.15) is 30.3 Å². The van der Waals surface area contributed by atoms with Crippen LogP contribution in [-0.2, 0) is 9.53 Å². The van der Waals surface area contributed by atoms with Gasteiger partial charge in [0.25, 0.3) is 5.56 Å². The van der Waals surface area contributed by atoms with Crippen molar-refractivity contribution < 1.29 is 14.3 Å². The Balaban J connectivity index is 1.86. The average Bonchev–Trinajstić information content (AvgIpc) is 3.39. The summed E-state index contributed by atoms with van der Waals surface area (Å²) in [5.74, 6) is 0.0900. The maximum Gasteiger partial charge on any atom is 0.338 e. The van der Waals surface area contributed by atoms with Crippen LogP contribution in [0.2, 0.25) is 0 Å². The van der Waals surface area contributed by atoms with E-state index in [1.165, 1.54) is 22.7 Å². The summed E-state index contributed by atoms with van der Waals surface area (Å²) >= 11 is 6.32. The molecule has 0 fully saturated rings. The highest BCUT2D eigenvalue weighted by Gasteiger charge is 2.36. The third-order valence-corrected chi connectivity index (χ3v) is 8.36. The van der Waals surface area contributed by atoms with Crippen LogP contribution in [0.5, 0.6) is 5.75 Å². The highest BCUT2D eigenvalue weighted by molar-refractivity contribution is 9.11. The smallest absolute Gasteiger partial charge is 0.338 e. The van der Waals surface area contributed by atoms with Crippen molar-refractivity contribution in [3.8, 4) is 5.75 Å². The number of carbonyl (C=O) groups excluding carboxylic acids is 1. The summed E-state index contributed by atoms with van der Waals surface area (Å²) < 4.78 is 14.3. The lowest BCUT2D eigenvalue weighted by atomic mass is 9.90. The summed E-state index contributed by atoms with van der Waals surface area (Å²) in [5, 5.41) is 1.87. The number of hydrogen-bond acceptors (Lipinski definition) is 7. The number of benzene rings is 2. The Morgan fingerprint density at radius 1 is 1.17 bits per heavy atom. The molecule has 6 nitrogen and oxygen atoms in total. The lowest BCUT2D eigenvalue weighted by molar-refractivity contribution is -0.139. The summed E-state index contributed by atoms with van der Waals surface area (Å²) in [6.07, 6.45) is 1.86. The van der Waals surface area contributed by atoms with E-state index in [0.717, 1.165) is 25.0 Å². The second-order valence-corrected chi connectivity index (χ2v) is 11.4. The van der Waals surface area contributed by atoms with Gasteiger partial charge >= 0.3 is 5.97 Å². The summed E-state index contributed by atoms with van der Waals surface area (Å²) in [4.78, 5) is 33.2. The van der Waals surface area contributed by atoms with Crippen LogP contribution in [0.25, 0.3) is 16.8 Å². The molecule has 0 saturated heterocycles. The van der Waals surface area contributed by atoms with E-state index in [-0.39, 0.29) is 12.2 Å². The quantitative estimate of drug-likeness (QED) is 0.325. The first-order valence-electron chi connectivity index (χ1n) is 10.9. The third-order valence-electron chi connectivity index (χ3n) is 5.81. The maximum absolute atomic E-state index is 13.8. The Hall–Kier alpha value is -3.01. The van der Waals surface area contributed by atoms with Crippen LogP contribution in [0, 0.1) is 0 Å². The predicted molar refractivity (Wildman–Crippen MR) is 143 cm³/mol. The summed E-state index contributed by atoms with van der Waals surface area (Å²) in [6, 6.07) is 14.9. The molecular weight excluding hydrogens is 548 g/mol. The molecule has 9 heteroatoms. The fourth-order valence-corrected chi connectivity index (χ4v) is 6.81. The van der Waals surface area contributed by atoms with Gasteiger partial charge in [0.1, 0.15) is 11.8 Å². The molecule has 1 atom stereocenters. The van der Waals surface area contributed by atoms with Gasteiger partial charge in [0.05, 0.1) is 33.3 Å². The maximum atomic E-state index is 13.8. The topological polar surface area (TPSA) is 69.9 Å². The summed E-state index contributed by atoms with van der Waals surface area (Å²) in [7, 11) is 1.59. The SMILES string of the molecule is CCOC(=O)C1=C(C)N=c2s/c(=C/c3ccc(Br)s3)c(=O)n2[C@H]1c1c(OC)ccc2ccccc12. The van der Waals surface area contributed by atoms with E-state index >= 15 is 0 Å². The fraction of sp³-hybridized carbons (Fsp3) is 0.192. The van der Waals surface area contributed by atoms with E-state index in [2.05, 4.69) is 20.9 Å². The molecule has 0 bridgehead atoms. The van der Waals surface area contributed by atoms with Crippen molar-refractivity contribution in [2.24, 2.45) is 4.99 Å². The predicted octanol–water partition coefficient (Wildman–Crippen LogP) is 4.78. The molecule has 0 N–H and O–H groups in total. The van der Waals surface area contributed by atoms with Crippen molar-refractivity contribution in [2.45, 2.75) is 19.9 Å². The second-order valence-electron chi connectivity index (χ2n) is 7.85. The first-order chi connectivity index (χ1) is 16.9. The standard InChI is InChI=1S/C26H21BrN2O4S2/c1-4-33-25(31)21-14(2)28-26-29(24(30)19(35-26)13-16-10-12-20(27)34-16)23(21)22-17-8-6-5-7-15(17)9-11-18(22)32-3/h5-13,23H,4H2,1-3H3/b19-13+/t23-/m1/s1. The number of aromatic nitrogens is 1. The van der Waals surface area contributed by atoms with Gasteiger partial charge in [0.15, 0.2) is 4.80 Å². The van der Waals surface area contributed by atoms with Crippen molar-refractivity contribution in [2.75, 3.05) is 13.7 Å². The minimum Gasteiger partial charge on any atom is -0.496 e. The molecule has 4 aromatic rings. The number of methoxy groups -OCH3 is 1. The van der Waals surface area contributed by atoms with Gasteiger partial charge in [0.2, 0.25) is 0 Å². The van der Waals surface area contributed by atoms with Crippen LogP contribution < -0.4 is 19.6 Å². The van der Waals surface area contributed by atoms with E-state index in [1.807, 2.05) is 54.6 Å². The first kappa shape index (κ1) is 23.7. The number of thiazole rings is 1. The van der Waals surface area contributed by atoms with E-state index in [4.69, 9.17) is 9.47 Å². The molecule has 2 aromatic heterocycles. The Bertz CT molecular complexity index is 1680. The van der Waals surface area contributed by atoms with Crippen molar-refractivity contribution in [3.63, 3.8) is 0 Å². The lowest BCUT2D eigenvalue weighted by Gasteiger charge is -2.27. The number of rotatable bonds is 5. The number of halogens is 1. The van der Waals surface area contributed by atoms with Crippen LogP contribution in [0.3, 0.4) is 0 Å². The highest BCUT2D eigenvalue weighted by atomic mass is 79.9. The lowest BCUT2D eigenvalue weighted by Crippen LogP contribution is -2.40. The molecule has 1 aliphatic heterocycles. The van der Waals surface area contributed by atoms with Gasteiger partial charge in [-0.15, -0.1) is 11.3 Å². The third kappa shape index (κ3) is 4.17. The normalized spacial score (nSPS) is 15.8. The first-order valence-corrected chi connectivity index (χ1v) is 13.4. The molecule has 0 unspecified atom stereocenters. The van der Waals surface area contributed by atoms with E-state index < -0.39 is 12.0 Å². The molecule has 2 aromatic carbocycles. The molecule has 1 aliphatic rings. The monoisotopic (exact) mass is 568 g/mol. The Morgan fingerprint density at radius 2 is 1.97 bits per heavy atom. The van der Waals surface area contributed by atoms with E-state index in [0.29, 0.717) is 26.4 Å². The Kier molecular flexibility index (Phi) is 6.48. The summed E-state index contributed by atoms with van der Waals surface area (Å²) in [6.45, 7) is 3.76. The minimum absolute atomic E-state index is 0.215. The molecule has 0 spiro atoms. The van der Waals surface area contributed by atoms with Crippen molar-refractivity contribution in [1.82, 2.24) is 4.57 Å². The molecular formula is C26H21BrN2O4S2. The number of allylic oxidation sites excluding steroid dienone is 1.